The molecule has 0 saturated heterocycles. The number of carbonyl (C=O) groups is 2. The first-order chi connectivity index (χ1) is 9.12. The number of hydrogen-bond acceptors (Lipinski definition) is 3. The van der Waals surface area contributed by atoms with Crippen molar-refractivity contribution in [2.45, 2.75) is 32.9 Å². The van der Waals surface area contributed by atoms with Gasteiger partial charge in [-0.3, -0.25) is 4.79 Å². The molecular formula is C13H22N4O3. The Hall–Kier alpha value is -2.05. The van der Waals surface area contributed by atoms with Gasteiger partial charge in [-0.05, 0) is 20.8 Å². The molecule has 0 aromatic carbocycles. The predicted molar refractivity (Wildman–Crippen MR) is 74.2 cm³/mol. The molecule has 0 radical (unpaired) electrons. The van der Waals surface area contributed by atoms with Gasteiger partial charge in [0.2, 0.25) is 0 Å². The van der Waals surface area contributed by atoms with Crippen LogP contribution in [0.2, 0.25) is 0 Å². The second-order valence-corrected chi connectivity index (χ2v) is 5.74. The highest BCUT2D eigenvalue weighted by molar-refractivity contribution is 5.80. The lowest BCUT2D eigenvalue weighted by Gasteiger charge is -2.37. The Kier molecular flexibility index (Phi) is 4.75. The van der Waals surface area contributed by atoms with Gasteiger partial charge in [0.1, 0.15) is 12.4 Å². The van der Waals surface area contributed by atoms with E-state index in [0.29, 0.717) is 6.54 Å². The molecule has 1 rings (SSSR count). The van der Waals surface area contributed by atoms with Gasteiger partial charge in [0, 0.05) is 32.0 Å². The summed E-state index contributed by atoms with van der Waals surface area (Å²) in [4.78, 5) is 30.3. The lowest BCUT2D eigenvalue weighted by atomic mass is 10.1. The molecule has 0 aliphatic heterocycles. The Morgan fingerprint density at radius 3 is 2.40 bits per heavy atom. The summed E-state index contributed by atoms with van der Waals surface area (Å²) in [5.41, 5.74) is -0.564. The average Bonchev–Trinajstić information content (AvgIpc) is 2.69. The van der Waals surface area contributed by atoms with Crippen molar-refractivity contribution in [1.29, 1.82) is 0 Å². The number of aromatic nitrogens is 2. The lowest BCUT2D eigenvalue weighted by Crippen LogP contribution is -2.52. The van der Waals surface area contributed by atoms with Crippen LogP contribution in [0, 0.1) is 0 Å². The molecule has 0 bridgehead atoms. The van der Waals surface area contributed by atoms with Crippen molar-refractivity contribution in [3.8, 4) is 0 Å². The van der Waals surface area contributed by atoms with Crippen LogP contribution in [0.25, 0.3) is 0 Å². The van der Waals surface area contributed by atoms with Crippen molar-refractivity contribution in [2.24, 2.45) is 7.05 Å². The van der Waals surface area contributed by atoms with Crippen LogP contribution in [-0.2, 0) is 18.4 Å². The van der Waals surface area contributed by atoms with Crippen molar-refractivity contribution in [3.63, 3.8) is 0 Å². The number of aliphatic carboxylic acids is 1. The van der Waals surface area contributed by atoms with Gasteiger partial charge in [-0.25, -0.2) is 9.78 Å². The van der Waals surface area contributed by atoms with E-state index in [2.05, 4.69) is 4.98 Å². The van der Waals surface area contributed by atoms with Crippen molar-refractivity contribution >= 4 is 12.0 Å². The summed E-state index contributed by atoms with van der Waals surface area (Å²) in [5, 5.41) is 8.95. The van der Waals surface area contributed by atoms with E-state index in [0.717, 1.165) is 5.82 Å². The third-order valence-corrected chi connectivity index (χ3v) is 2.96. The fourth-order valence-corrected chi connectivity index (χ4v) is 1.76. The van der Waals surface area contributed by atoms with E-state index < -0.39 is 11.5 Å². The van der Waals surface area contributed by atoms with E-state index in [1.807, 2.05) is 32.4 Å². The fourth-order valence-electron chi connectivity index (χ4n) is 1.76. The van der Waals surface area contributed by atoms with Gasteiger partial charge >= 0.3 is 12.0 Å². The van der Waals surface area contributed by atoms with Crippen LogP contribution in [0.4, 0.5) is 4.79 Å². The standard InChI is InChI=1S/C13H22N4O3/c1-13(2,3)17(9-11(18)19)12(20)16(5)8-10-14-6-7-15(10)4/h6-7H,8-9H2,1-5H3,(H,18,19). The molecule has 0 fully saturated rings. The Morgan fingerprint density at radius 2 is 2.00 bits per heavy atom. The molecule has 0 spiro atoms. The second-order valence-electron chi connectivity index (χ2n) is 5.74. The highest BCUT2D eigenvalue weighted by Gasteiger charge is 2.30. The van der Waals surface area contributed by atoms with Crippen LogP contribution < -0.4 is 0 Å². The monoisotopic (exact) mass is 282 g/mol. The zero-order valence-corrected chi connectivity index (χ0v) is 12.6. The first kappa shape index (κ1) is 16.0. The summed E-state index contributed by atoms with van der Waals surface area (Å²) >= 11 is 0. The summed E-state index contributed by atoms with van der Waals surface area (Å²) in [6.07, 6.45) is 3.46. The van der Waals surface area contributed by atoms with Gasteiger partial charge in [-0.1, -0.05) is 0 Å². The molecule has 1 N–H and O–H groups in total. The van der Waals surface area contributed by atoms with Gasteiger partial charge in [-0.2, -0.15) is 0 Å². The van der Waals surface area contributed by atoms with Crippen molar-refractivity contribution in [1.82, 2.24) is 19.4 Å². The molecule has 0 aliphatic carbocycles. The zero-order chi connectivity index (χ0) is 15.5. The lowest BCUT2D eigenvalue weighted by molar-refractivity contribution is -0.138. The Labute approximate surface area is 118 Å². The third-order valence-electron chi connectivity index (χ3n) is 2.96. The maximum atomic E-state index is 12.4. The molecule has 7 nitrogen and oxygen atoms in total. The minimum atomic E-state index is -1.03. The molecule has 0 atom stereocenters. The van der Waals surface area contributed by atoms with Crippen LogP contribution in [0.5, 0.6) is 0 Å². The summed E-state index contributed by atoms with van der Waals surface area (Å²) in [6, 6.07) is -0.331. The number of hydrogen-bond donors (Lipinski definition) is 1. The van der Waals surface area contributed by atoms with E-state index in [-0.39, 0.29) is 12.6 Å². The predicted octanol–water partition coefficient (Wildman–Crippen LogP) is 1.16. The highest BCUT2D eigenvalue weighted by atomic mass is 16.4. The number of amides is 2. The molecular weight excluding hydrogens is 260 g/mol. The number of aryl methyl sites for hydroxylation is 1. The summed E-state index contributed by atoms with van der Waals surface area (Å²) in [6.45, 7) is 5.43. The summed E-state index contributed by atoms with van der Waals surface area (Å²) in [5.74, 6) is -0.288. The van der Waals surface area contributed by atoms with Crippen LogP contribution in [0.15, 0.2) is 12.4 Å². The van der Waals surface area contributed by atoms with E-state index in [1.54, 1.807) is 19.4 Å². The molecule has 2 amide bonds. The van der Waals surface area contributed by atoms with Gasteiger partial charge in [0.25, 0.3) is 0 Å². The van der Waals surface area contributed by atoms with Crippen molar-refractivity contribution < 1.29 is 14.7 Å². The largest absolute Gasteiger partial charge is 0.480 e. The number of nitrogens with zero attached hydrogens (tertiary/aromatic N) is 4. The third kappa shape index (κ3) is 3.97. The molecule has 20 heavy (non-hydrogen) atoms. The van der Waals surface area contributed by atoms with Gasteiger partial charge in [-0.15, -0.1) is 0 Å². The molecule has 7 heteroatoms. The molecule has 0 aliphatic rings. The normalized spacial score (nSPS) is 11.2. The Morgan fingerprint density at radius 1 is 1.40 bits per heavy atom. The first-order valence-electron chi connectivity index (χ1n) is 6.33. The SMILES string of the molecule is CN(Cc1nccn1C)C(=O)N(CC(=O)O)C(C)(C)C. The molecule has 112 valence electrons. The van der Waals surface area contributed by atoms with Crippen LogP contribution in [0.1, 0.15) is 26.6 Å². The van der Waals surface area contributed by atoms with Crippen LogP contribution in [-0.4, -0.2) is 55.6 Å². The Balaban J connectivity index is 2.84. The molecule has 0 saturated carbocycles. The maximum Gasteiger partial charge on any atom is 0.323 e. The topological polar surface area (TPSA) is 78.7 Å². The number of imidazole rings is 1. The number of carboxylic acids is 1. The number of urea groups is 1. The van der Waals surface area contributed by atoms with Gasteiger partial charge in [0.05, 0.1) is 6.54 Å². The summed E-state index contributed by atoms with van der Waals surface area (Å²) in [7, 11) is 3.48. The minimum Gasteiger partial charge on any atom is -0.480 e. The molecule has 1 aromatic rings. The quantitative estimate of drug-likeness (QED) is 0.898. The second kappa shape index (κ2) is 5.94. The van der Waals surface area contributed by atoms with E-state index in [4.69, 9.17) is 5.11 Å². The Bertz CT molecular complexity index is 490. The molecule has 1 heterocycles. The maximum absolute atomic E-state index is 12.4. The first-order valence-corrected chi connectivity index (χ1v) is 6.33. The van der Waals surface area contributed by atoms with Crippen LogP contribution >= 0.6 is 0 Å². The van der Waals surface area contributed by atoms with E-state index in [1.165, 1.54) is 9.80 Å². The van der Waals surface area contributed by atoms with Crippen molar-refractivity contribution in [2.75, 3.05) is 13.6 Å². The van der Waals surface area contributed by atoms with Crippen LogP contribution in [0.3, 0.4) is 0 Å². The fraction of sp³-hybridized carbons (Fsp3) is 0.615. The van der Waals surface area contributed by atoms with Gasteiger partial charge < -0.3 is 19.5 Å². The highest BCUT2D eigenvalue weighted by Crippen LogP contribution is 2.16. The minimum absolute atomic E-state index is 0.326. The smallest absolute Gasteiger partial charge is 0.323 e. The summed E-state index contributed by atoms with van der Waals surface area (Å²) < 4.78 is 1.82. The average molecular weight is 282 g/mol. The van der Waals surface area contributed by atoms with Gasteiger partial charge in [0.15, 0.2) is 0 Å². The number of carbonyl (C=O) groups excluding carboxylic acids is 1. The molecule has 0 unspecified atom stereocenters. The van der Waals surface area contributed by atoms with Crippen molar-refractivity contribution in [3.05, 3.63) is 18.2 Å². The van der Waals surface area contributed by atoms with E-state index in [9.17, 15) is 9.59 Å². The van der Waals surface area contributed by atoms with E-state index >= 15 is 0 Å². The molecule has 1 aromatic heterocycles. The number of rotatable bonds is 4. The zero-order valence-electron chi connectivity index (χ0n) is 12.6. The number of carboxylic acid groups (broad SMARTS) is 1.